The molecule has 0 saturated heterocycles. The Kier molecular flexibility index (Phi) is 3.78. The SMILES string of the molecule is C[C@@H]1CCCC[C@@H]1NC(=O)c1cc(=O)c2ccccc2o1. The lowest BCUT2D eigenvalue weighted by Gasteiger charge is -2.29. The fraction of sp³-hybridized carbons (Fsp3) is 0.412. The first-order valence-electron chi connectivity index (χ1n) is 7.49. The zero-order valence-corrected chi connectivity index (χ0v) is 12.1. The quantitative estimate of drug-likeness (QED) is 0.922. The Morgan fingerprint density at radius 3 is 2.81 bits per heavy atom. The minimum absolute atomic E-state index is 0.0940. The molecule has 21 heavy (non-hydrogen) atoms. The molecule has 4 heteroatoms. The van der Waals surface area contributed by atoms with E-state index in [1.54, 1.807) is 24.3 Å². The van der Waals surface area contributed by atoms with Crippen LogP contribution in [-0.2, 0) is 0 Å². The maximum atomic E-state index is 12.3. The number of hydrogen-bond donors (Lipinski definition) is 1. The smallest absolute Gasteiger partial charge is 0.287 e. The van der Waals surface area contributed by atoms with Crippen LogP contribution in [0.3, 0.4) is 0 Å². The zero-order valence-electron chi connectivity index (χ0n) is 12.1. The Morgan fingerprint density at radius 2 is 2.00 bits per heavy atom. The number of hydrogen-bond acceptors (Lipinski definition) is 3. The molecule has 1 aliphatic rings. The summed E-state index contributed by atoms with van der Waals surface area (Å²) in [5.74, 6) is 0.267. The van der Waals surface area contributed by atoms with Crippen LogP contribution in [0, 0.1) is 5.92 Å². The topological polar surface area (TPSA) is 59.3 Å². The van der Waals surface area contributed by atoms with Gasteiger partial charge in [-0.3, -0.25) is 9.59 Å². The number of nitrogens with one attached hydrogen (secondary N) is 1. The Balaban J connectivity index is 1.86. The van der Waals surface area contributed by atoms with Gasteiger partial charge in [0.05, 0.1) is 5.39 Å². The lowest BCUT2D eigenvalue weighted by atomic mass is 9.86. The first-order valence-corrected chi connectivity index (χ1v) is 7.49. The maximum absolute atomic E-state index is 12.3. The van der Waals surface area contributed by atoms with Crippen LogP contribution in [0.4, 0.5) is 0 Å². The Labute approximate surface area is 123 Å². The molecule has 0 radical (unpaired) electrons. The number of carbonyl (C=O) groups excluding carboxylic acids is 1. The Bertz CT molecular complexity index is 719. The molecule has 110 valence electrons. The summed E-state index contributed by atoms with van der Waals surface area (Å²) in [6.07, 6.45) is 4.48. The van der Waals surface area contributed by atoms with E-state index in [1.807, 2.05) is 0 Å². The molecule has 0 bridgehead atoms. The molecule has 1 aliphatic carbocycles. The number of rotatable bonds is 2. The first-order chi connectivity index (χ1) is 10.1. The molecule has 1 heterocycles. The number of fused-ring (bicyclic) bond motifs is 1. The largest absolute Gasteiger partial charge is 0.451 e. The molecule has 4 nitrogen and oxygen atoms in total. The van der Waals surface area contributed by atoms with E-state index in [-0.39, 0.29) is 23.1 Å². The summed E-state index contributed by atoms with van der Waals surface area (Å²) in [6.45, 7) is 2.15. The first kappa shape index (κ1) is 13.9. The fourth-order valence-corrected chi connectivity index (χ4v) is 2.99. The normalized spacial score (nSPS) is 22.1. The molecule has 0 spiro atoms. The summed E-state index contributed by atoms with van der Waals surface area (Å²) in [5.41, 5.74) is 0.269. The molecule has 1 saturated carbocycles. The Morgan fingerprint density at radius 1 is 1.24 bits per heavy atom. The average Bonchev–Trinajstić information content (AvgIpc) is 2.49. The van der Waals surface area contributed by atoms with E-state index >= 15 is 0 Å². The Hall–Kier alpha value is -2.10. The number of amides is 1. The van der Waals surface area contributed by atoms with Crippen molar-refractivity contribution in [3.63, 3.8) is 0 Å². The molecule has 1 N–H and O–H groups in total. The van der Waals surface area contributed by atoms with Crippen molar-refractivity contribution in [1.82, 2.24) is 5.32 Å². The van der Waals surface area contributed by atoms with Gasteiger partial charge in [0, 0.05) is 12.1 Å². The van der Waals surface area contributed by atoms with Crippen molar-refractivity contribution in [3.05, 3.63) is 46.3 Å². The summed E-state index contributed by atoms with van der Waals surface area (Å²) in [6, 6.07) is 8.43. The van der Waals surface area contributed by atoms with Crippen molar-refractivity contribution in [3.8, 4) is 0 Å². The van der Waals surface area contributed by atoms with Gasteiger partial charge < -0.3 is 9.73 Å². The van der Waals surface area contributed by atoms with Crippen LogP contribution in [0.1, 0.15) is 43.2 Å². The molecular formula is C17H19NO3. The number of carbonyl (C=O) groups is 1. The molecule has 1 aromatic carbocycles. The van der Waals surface area contributed by atoms with Crippen molar-refractivity contribution >= 4 is 16.9 Å². The fourth-order valence-electron chi connectivity index (χ4n) is 2.99. The van der Waals surface area contributed by atoms with Gasteiger partial charge in [-0.25, -0.2) is 0 Å². The van der Waals surface area contributed by atoms with E-state index < -0.39 is 0 Å². The second-order valence-electron chi connectivity index (χ2n) is 5.81. The van der Waals surface area contributed by atoms with E-state index in [0.29, 0.717) is 16.9 Å². The number of para-hydroxylation sites is 1. The third-order valence-corrected chi connectivity index (χ3v) is 4.29. The van der Waals surface area contributed by atoms with E-state index in [0.717, 1.165) is 19.3 Å². The lowest BCUT2D eigenvalue weighted by molar-refractivity contribution is 0.0882. The minimum Gasteiger partial charge on any atom is -0.451 e. The summed E-state index contributed by atoms with van der Waals surface area (Å²) < 4.78 is 5.57. The van der Waals surface area contributed by atoms with Crippen LogP contribution < -0.4 is 10.7 Å². The van der Waals surface area contributed by atoms with Gasteiger partial charge in [0.15, 0.2) is 11.2 Å². The average molecular weight is 285 g/mol. The van der Waals surface area contributed by atoms with Crippen LogP contribution in [0.15, 0.2) is 39.5 Å². The van der Waals surface area contributed by atoms with Crippen LogP contribution in [0.25, 0.3) is 11.0 Å². The summed E-state index contributed by atoms with van der Waals surface area (Å²) in [4.78, 5) is 24.3. The standard InChI is InChI=1S/C17H19NO3/c1-11-6-2-4-8-13(11)18-17(20)16-10-14(19)12-7-3-5-9-15(12)21-16/h3,5,7,9-11,13H,2,4,6,8H2,1H3,(H,18,20)/t11-,13+/m1/s1. The zero-order chi connectivity index (χ0) is 14.8. The predicted molar refractivity (Wildman–Crippen MR) is 81.4 cm³/mol. The van der Waals surface area contributed by atoms with Crippen LogP contribution in [-0.4, -0.2) is 11.9 Å². The molecule has 2 atom stereocenters. The van der Waals surface area contributed by atoms with Crippen molar-refractivity contribution in [2.45, 2.75) is 38.6 Å². The predicted octanol–water partition coefficient (Wildman–Crippen LogP) is 3.10. The van der Waals surface area contributed by atoms with Crippen molar-refractivity contribution in [2.75, 3.05) is 0 Å². The summed E-state index contributed by atoms with van der Waals surface area (Å²) in [7, 11) is 0. The van der Waals surface area contributed by atoms with Crippen LogP contribution in [0.2, 0.25) is 0 Å². The molecule has 1 amide bonds. The van der Waals surface area contributed by atoms with Gasteiger partial charge in [-0.05, 0) is 30.9 Å². The second kappa shape index (κ2) is 5.72. The molecular weight excluding hydrogens is 266 g/mol. The van der Waals surface area contributed by atoms with Gasteiger partial charge in [-0.15, -0.1) is 0 Å². The molecule has 3 rings (SSSR count). The van der Waals surface area contributed by atoms with Gasteiger partial charge in [0.2, 0.25) is 0 Å². The van der Waals surface area contributed by atoms with E-state index in [2.05, 4.69) is 12.2 Å². The molecule has 0 aliphatic heterocycles. The lowest BCUT2D eigenvalue weighted by Crippen LogP contribution is -2.41. The van der Waals surface area contributed by atoms with Crippen molar-refractivity contribution in [1.29, 1.82) is 0 Å². The van der Waals surface area contributed by atoms with Gasteiger partial charge in [0.1, 0.15) is 5.58 Å². The van der Waals surface area contributed by atoms with Gasteiger partial charge in [-0.2, -0.15) is 0 Å². The maximum Gasteiger partial charge on any atom is 0.287 e. The molecule has 0 unspecified atom stereocenters. The number of benzene rings is 1. The van der Waals surface area contributed by atoms with Gasteiger partial charge in [-0.1, -0.05) is 31.9 Å². The highest BCUT2D eigenvalue weighted by Gasteiger charge is 2.24. The third kappa shape index (κ3) is 2.84. The monoisotopic (exact) mass is 285 g/mol. The third-order valence-electron chi connectivity index (χ3n) is 4.29. The highest BCUT2D eigenvalue weighted by atomic mass is 16.3. The highest BCUT2D eigenvalue weighted by molar-refractivity contribution is 5.93. The van der Waals surface area contributed by atoms with Crippen LogP contribution >= 0.6 is 0 Å². The summed E-state index contributed by atoms with van der Waals surface area (Å²) >= 11 is 0. The molecule has 1 fully saturated rings. The van der Waals surface area contributed by atoms with Gasteiger partial charge in [0.25, 0.3) is 5.91 Å². The van der Waals surface area contributed by atoms with Gasteiger partial charge >= 0.3 is 0 Å². The van der Waals surface area contributed by atoms with Crippen molar-refractivity contribution < 1.29 is 9.21 Å². The van der Waals surface area contributed by atoms with E-state index in [9.17, 15) is 9.59 Å². The van der Waals surface area contributed by atoms with E-state index in [1.165, 1.54) is 12.5 Å². The van der Waals surface area contributed by atoms with Crippen LogP contribution in [0.5, 0.6) is 0 Å². The highest BCUT2D eigenvalue weighted by Crippen LogP contribution is 2.24. The molecule has 2 aromatic rings. The second-order valence-corrected chi connectivity index (χ2v) is 5.81. The van der Waals surface area contributed by atoms with E-state index in [4.69, 9.17) is 4.42 Å². The minimum atomic E-state index is -0.295. The summed E-state index contributed by atoms with van der Waals surface area (Å²) in [5, 5.41) is 3.51. The van der Waals surface area contributed by atoms with Crippen molar-refractivity contribution in [2.24, 2.45) is 5.92 Å². The molecule has 1 aromatic heterocycles.